The molecule has 2 N–H and O–H groups in total. The standard InChI is InChI=1S/C16H12N4O4S2/c21-13(6-26-15-14-10(3-4-25-14)17-7-18-15)20-16(22)19-9-1-2-11-12(5-9)24-8-23-11/h1-5,7H,6,8H2,(H2,19,20,21,22). The fourth-order valence-corrected chi connectivity index (χ4v) is 4.05. The van der Waals surface area contributed by atoms with E-state index in [0.717, 1.165) is 15.2 Å². The first-order valence-corrected chi connectivity index (χ1v) is 9.37. The molecule has 0 saturated carbocycles. The van der Waals surface area contributed by atoms with Crippen LogP contribution in [-0.2, 0) is 4.79 Å². The number of thiophene rings is 1. The number of amides is 3. The third-order valence-corrected chi connectivity index (χ3v) is 5.46. The van der Waals surface area contributed by atoms with E-state index in [0.29, 0.717) is 17.2 Å². The zero-order chi connectivity index (χ0) is 17.9. The molecule has 4 rings (SSSR count). The summed E-state index contributed by atoms with van der Waals surface area (Å²) in [5, 5.41) is 7.51. The van der Waals surface area contributed by atoms with Crippen molar-refractivity contribution < 1.29 is 19.1 Å². The number of rotatable bonds is 4. The Morgan fingerprint density at radius 1 is 1.19 bits per heavy atom. The summed E-state index contributed by atoms with van der Waals surface area (Å²) in [6.07, 6.45) is 1.46. The highest BCUT2D eigenvalue weighted by Crippen LogP contribution is 2.34. The monoisotopic (exact) mass is 388 g/mol. The van der Waals surface area contributed by atoms with Crippen molar-refractivity contribution in [3.63, 3.8) is 0 Å². The number of thioether (sulfide) groups is 1. The Labute approximate surface area is 155 Å². The van der Waals surface area contributed by atoms with Gasteiger partial charge in [0.15, 0.2) is 11.5 Å². The summed E-state index contributed by atoms with van der Waals surface area (Å²) in [5.74, 6) is 0.816. The fourth-order valence-electron chi connectivity index (χ4n) is 2.30. The molecule has 0 aliphatic carbocycles. The lowest BCUT2D eigenvalue weighted by Crippen LogP contribution is -2.35. The van der Waals surface area contributed by atoms with E-state index >= 15 is 0 Å². The summed E-state index contributed by atoms with van der Waals surface area (Å²) in [5.41, 5.74) is 1.34. The first-order chi connectivity index (χ1) is 12.7. The molecule has 0 atom stereocenters. The molecule has 26 heavy (non-hydrogen) atoms. The van der Waals surface area contributed by atoms with Crippen molar-refractivity contribution >= 4 is 50.9 Å². The second-order valence-electron chi connectivity index (χ2n) is 5.17. The van der Waals surface area contributed by atoms with Crippen LogP contribution in [0.1, 0.15) is 0 Å². The molecule has 0 radical (unpaired) electrons. The third-order valence-electron chi connectivity index (χ3n) is 3.43. The van der Waals surface area contributed by atoms with E-state index in [-0.39, 0.29) is 12.5 Å². The highest BCUT2D eigenvalue weighted by Gasteiger charge is 2.15. The predicted octanol–water partition coefficient (Wildman–Crippen LogP) is 2.86. The van der Waals surface area contributed by atoms with Gasteiger partial charge in [-0.2, -0.15) is 0 Å². The van der Waals surface area contributed by atoms with E-state index in [4.69, 9.17) is 9.47 Å². The summed E-state index contributed by atoms with van der Waals surface area (Å²) in [4.78, 5) is 32.3. The van der Waals surface area contributed by atoms with Crippen LogP contribution in [0.3, 0.4) is 0 Å². The van der Waals surface area contributed by atoms with Crippen LogP contribution in [0.4, 0.5) is 10.5 Å². The third kappa shape index (κ3) is 3.55. The Kier molecular flexibility index (Phi) is 4.59. The van der Waals surface area contributed by atoms with Crippen molar-refractivity contribution in [1.82, 2.24) is 15.3 Å². The average Bonchev–Trinajstić information content (AvgIpc) is 3.28. The maximum Gasteiger partial charge on any atom is 0.325 e. The van der Waals surface area contributed by atoms with Crippen molar-refractivity contribution in [1.29, 1.82) is 0 Å². The van der Waals surface area contributed by atoms with Gasteiger partial charge in [0.05, 0.1) is 16.0 Å². The van der Waals surface area contributed by atoms with Crippen LogP contribution in [0, 0.1) is 0 Å². The number of hydrogen-bond donors (Lipinski definition) is 2. The Bertz CT molecular complexity index is 991. The minimum atomic E-state index is -0.613. The lowest BCUT2D eigenvalue weighted by Gasteiger charge is -2.07. The lowest BCUT2D eigenvalue weighted by atomic mass is 10.3. The number of carbonyl (C=O) groups is 2. The molecule has 0 bridgehead atoms. The van der Waals surface area contributed by atoms with Gasteiger partial charge in [0.2, 0.25) is 12.7 Å². The summed E-state index contributed by atoms with van der Waals surface area (Å²) < 4.78 is 11.4. The predicted molar refractivity (Wildman–Crippen MR) is 97.9 cm³/mol. The van der Waals surface area contributed by atoms with Gasteiger partial charge in [0.1, 0.15) is 11.4 Å². The van der Waals surface area contributed by atoms with Gasteiger partial charge in [-0.05, 0) is 23.6 Å². The quantitative estimate of drug-likeness (QED) is 0.523. The number of urea groups is 1. The Balaban J connectivity index is 1.31. The van der Waals surface area contributed by atoms with E-state index in [1.165, 1.54) is 29.4 Å². The van der Waals surface area contributed by atoms with Crippen LogP contribution in [0.15, 0.2) is 41.0 Å². The van der Waals surface area contributed by atoms with E-state index in [9.17, 15) is 9.59 Å². The molecule has 3 heterocycles. The number of nitrogens with one attached hydrogen (secondary N) is 2. The van der Waals surface area contributed by atoms with Crippen LogP contribution in [0.25, 0.3) is 10.2 Å². The smallest absolute Gasteiger partial charge is 0.325 e. The molecule has 132 valence electrons. The van der Waals surface area contributed by atoms with E-state index in [1.807, 2.05) is 11.4 Å². The van der Waals surface area contributed by atoms with E-state index in [1.54, 1.807) is 18.2 Å². The molecular formula is C16H12N4O4S2. The number of carbonyl (C=O) groups excluding carboxylic acids is 2. The molecular weight excluding hydrogens is 376 g/mol. The molecule has 1 aliphatic rings. The molecule has 8 nitrogen and oxygen atoms in total. The molecule has 3 amide bonds. The second-order valence-corrected chi connectivity index (χ2v) is 7.05. The van der Waals surface area contributed by atoms with Gasteiger partial charge < -0.3 is 14.8 Å². The number of ether oxygens (including phenoxy) is 2. The Morgan fingerprint density at radius 3 is 3.00 bits per heavy atom. The molecule has 1 aromatic carbocycles. The fraction of sp³-hybridized carbons (Fsp3) is 0.125. The largest absolute Gasteiger partial charge is 0.454 e. The molecule has 2 aromatic heterocycles. The summed E-state index contributed by atoms with van der Waals surface area (Å²) in [6, 6.07) is 6.27. The zero-order valence-corrected chi connectivity index (χ0v) is 14.9. The summed E-state index contributed by atoms with van der Waals surface area (Å²) in [6.45, 7) is 0.154. The number of hydrogen-bond acceptors (Lipinski definition) is 8. The molecule has 0 saturated heterocycles. The van der Waals surface area contributed by atoms with Crippen LogP contribution in [0.2, 0.25) is 0 Å². The van der Waals surface area contributed by atoms with Gasteiger partial charge in [-0.15, -0.1) is 11.3 Å². The normalized spacial score (nSPS) is 12.2. The minimum absolute atomic E-state index is 0.0680. The van der Waals surface area contributed by atoms with Crippen molar-refractivity contribution in [2.24, 2.45) is 0 Å². The van der Waals surface area contributed by atoms with Gasteiger partial charge in [-0.3, -0.25) is 10.1 Å². The maximum absolute atomic E-state index is 12.0. The van der Waals surface area contributed by atoms with Gasteiger partial charge in [-0.25, -0.2) is 14.8 Å². The number of aromatic nitrogens is 2. The summed E-state index contributed by atoms with van der Waals surface area (Å²) in [7, 11) is 0. The van der Waals surface area contributed by atoms with Crippen LogP contribution in [-0.4, -0.2) is 34.5 Å². The number of nitrogens with zero attached hydrogens (tertiary/aromatic N) is 2. The zero-order valence-electron chi connectivity index (χ0n) is 13.2. The number of benzene rings is 1. The van der Waals surface area contributed by atoms with Gasteiger partial charge in [0, 0.05) is 11.8 Å². The van der Waals surface area contributed by atoms with Crippen LogP contribution < -0.4 is 20.1 Å². The summed E-state index contributed by atoms with van der Waals surface area (Å²) >= 11 is 2.77. The number of imide groups is 1. The van der Waals surface area contributed by atoms with Crippen LogP contribution in [0.5, 0.6) is 11.5 Å². The first kappa shape index (κ1) is 16.6. The van der Waals surface area contributed by atoms with Gasteiger partial charge in [0.25, 0.3) is 0 Å². The minimum Gasteiger partial charge on any atom is -0.454 e. The SMILES string of the molecule is O=C(CSc1ncnc2ccsc12)NC(=O)Nc1ccc2c(c1)OCO2. The van der Waals surface area contributed by atoms with Crippen molar-refractivity contribution in [3.05, 3.63) is 36.0 Å². The molecule has 0 spiro atoms. The van der Waals surface area contributed by atoms with Gasteiger partial charge in [-0.1, -0.05) is 11.8 Å². The Morgan fingerprint density at radius 2 is 2.08 bits per heavy atom. The topological polar surface area (TPSA) is 102 Å². The second kappa shape index (κ2) is 7.18. The Hall–Kier alpha value is -2.85. The molecule has 10 heteroatoms. The average molecular weight is 388 g/mol. The number of anilines is 1. The van der Waals surface area contributed by atoms with Crippen molar-refractivity contribution in [3.8, 4) is 11.5 Å². The first-order valence-electron chi connectivity index (χ1n) is 7.50. The molecule has 0 unspecified atom stereocenters. The molecule has 3 aromatic rings. The van der Waals surface area contributed by atoms with Gasteiger partial charge >= 0.3 is 6.03 Å². The highest BCUT2D eigenvalue weighted by molar-refractivity contribution is 8.00. The maximum atomic E-state index is 12.0. The lowest BCUT2D eigenvalue weighted by molar-refractivity contribution is -0.117. The van der Waals surface area contributed by atoms with Crippen molar-refractivity contribution in [2.45, 2.75) is 5.03 Å². The van der Waals surface area contributed by atoms with Crippen molar-refractivity contribution in [2.75, 3.05) is 17.9 Å². The highest BCUT2D eigenvalue weighted by atomic mass is 32.2. The molecule has 0 fully saturated rings. The molecule has 1 aliphatic heterocycles. The van der Waals surface area contributed by atoms with E-state index in [2.05, 4.69) is 20.6 Å². The number of fused-ring (bicyclic) bond motifs is 2. The van der Waals surface area contributed by atoms with E-state index < -0.39 is 11.9 Å². The van der Waals surface area contributed by atoms with Crippen LogP contribution >= 0.6 is 23.1 Å².